The number of rotatable bonds is 3. The van der Waals surface area contributed by atoms with Crippen LogP contribution in [0.2, 0.25) is 0 Å². The van der Waals surface area contributed by atoms with Crippen LogP contribution >= 0.6 is 0 Å². The zero-order chi connectivity index (χ0) is 17.3. The Kier molecular flexibility index (Phi) is 4.56. The SMILES string of the molecule is Fc1cccc([C@@H]2CCCc3nnc(CCC(F)(F)F)n3C2)c1F. The Balaban J connectivity index is 1.86. The van der Waals surface area contributed by atoms with Gasteiger partial charge in [-0.15, -0.1) is 10.2 Å². The average Bonchev–Trinajstić information content (AvgIpc) is 2.76. The first-order valence-electron chi connectivity index (χ1n) is 7.77. The van der Waals surface area contributed by atoms with Gasteiger partial charge in [0.15, 0.2) is 11.6 Å². The van der Waals surface area contributed by atoms with E-state index in [1.54, 1.807) is 4.57 Å². The van der Waals surface area contributed by atoms with Crippen molar-refractivity contribution in [3.8, 4) is 0 Å². The minimum atomic E-state index is -4.27. The van der Waals surface area contributed by atoms with Crippen molar-refractivity contribution in [2.75, 3.05) is 0 Å². The fraction of sp³-hybridized carbons (Fsp3) is 0.500. The quantitative estimate of drug-likeness (QED) is 0.782. The summed E-state index contributed by atoms with van der Waals surface area (Å²) < 4.78 is 66.5. The number of hydrogen-bond acceptors (Lipinski definition) is 2. The van der Waals surface area contributed by atoms with E-state index in [1.165, 1.54) is 12.1 Å². The molecule has 1 aliphatic rings. The van der Waals surface area contributed by atoms with Crippen molar-refractivity contribution >= 4 is 0 Å². The molecule has 0 saturated heterocycles. The molecule has 1 atom stereocenters. The zero-order valence-corrected chi connectivity index (χ0v) is 12.8. The van der Waals surface area contributed by atoms with Gasteiger partial charge in [-0.3, -0.25) is 0 Å². The standard InChI is InChI=1S/C16H16F5N3/c17-12-5-2-4-11(15(12)18)10-3-1-6-13-22-23-14(24(13)9-10)7-8-16(19,20)21/h2,4-5,10H,1,3,6-9H2/t10-/m1/s1. The van der Waals surface area contributed by atoms with E-state index in [0.29, 0.717) is 25.1 Å². The van der Waals surface area contributed by atoms with E-state index in [2.05, 4.69) is 10.2 Å². The molecule has 0 bridgehead atoms. The number of aryl methyl sites for hydroxylation is 2. The van der Waals surface area contributed by atoms with Gasteiger partial charge < -0.3 is 4.57 Å². The maximum absolute atomic E-state index is 14.1. The van der Waals surface area contributed by atoms with E-state index in [9.17, 15) is 22.0 Å². The van der Waals surface area contributed by atoms with Gasteiger partial charge in [-0.25, -0.2) is 8.78 Å². The third-order valence-electron chi connectivity index (χ3n) is 4.31. The summed E-state index contributed by atoms with van der Waals surface area (Å²) >= 11 is 0. The highest BCUT2D eigenvalue weighted by Gasteiger charge is 2.29. The highest BCUT2D eigenvalue weighted by Crippen LogP contribution is 2.31. The van der Waals surface area contributed by atoms with Gasteiger partial charge in [-0.05, 0) is 24.5 Å². The molecular weight excluding hydrogens is 329 g/mol. The molecule has 3 rings (SSSR count). The van der Waals surface area contributed by atoms with Crippen LogP contribution in [0.4, 0.5) is 22.0 Å². The Bertz CT molecular complexity index is 723. The first kappa shape index (κ1) is 16.9. The lowest BCUT2D eigenvalue weighted by Crippen LogP contribution is -2.16. The molecule has 0 unspecified atom stereocenters. The van der Waals surface area contributed by atoms with Gasteiger partial charge in [-0.2, -0.15) is 13.2 Å². The van der Waals surface area contributed by atoms with E-state index in [4.69, 9.17) is 0 Å². The van der Waals surface area contributed by atoms with Gasteiger partial charge in [0, 0.05) is 25.3 Å². The summed E-state index contributed by atoms with van der Waals surface area (Å²) in [6.07, 6.45) is -3.66. The van der Waals surface area contributed by atoms with Crippen molar-refractivity contribution in [3.63, 3.8) is 0 Å². The van der Waals surface area contributed by atoms with Crippen LogP contribution in [-0.4, -0.2) is 20.9 Å². The number of halogens is 5. The maximum atomic E-state index is 14.1. The predicted octanol–water partition coefficient (Wildman–Crippen LogP) is 4.17. The van der Waals surface area contributed by atoms with E-state index in [0.717, 1.165) is 6.07 Å². The van der Waals surface area contributed by atoms with Crippen LogP contribution in [0.15, 0.2) is 18.2 Å². The van der Waals surface area contributed by atoms with Crippen molar-refractivity contribution in [2.24, 2.45) is 0 Å². The summed E-state index contributed by atoms with van der Waals surface area (Å²) in [7, 11) is 0. The number of nitrogens with zero attached hydrogens (tertiary/aromatic N) is 3. The highest BCUT2D eigenvalue weighted by atomic mass is 19.4. The molecule has 0 spiro atoms. The molecular formula is C16H16F5N3. The first-order chi connectivity index (χ1) is 11.3. The molecule has 0 radical (unpaired) electrons. The van der Waals surface area contributed by atoms with E-state index in [1.807, 2.05) is 0 Å². The smallest absolute Gasteiger partial charge is 0.314 e. The summed E-state index contributed by atoms with van der Waals surface area (Å²) in [5.41, 5.74) is 0.248. The summed E-state index contributed by atoms with van der Waals surface area (Å²) in [6, 6.07) is 4.01. The first-order valence-corrected chi connectivity index (χ1v) is 7.77. The molecule has 3 nitrogen and oxygen atoms in total. The predicted molar refractivity (Wildman–Crippen MR) is 76.4 cm³/mol. The maximum Gasteiger partial charge on any atom is 0.389 e. The van der Waals surface area contributed by atoms with Gasteiger partial charge in [0.2, 0.25) is 0 Å². The summed E-state index contributed by atoms with van der Waals surface area (Å²) in [5.74, 6) is -1.28. The number of fused-ring (bicyclic) bond motifs is 1. The van der Waals surface area contributed by atoms with Gasteiger partial charge in [0.1, 0.15) is 11.6 Å². The van der Waals surface area contributed by atoms with Crippen molar-refractivity contribution in [2.45, 2.75) is 50.7 Å². The largest absolute Gasteiger partial charge is 0.389 e. The van der Waals surface area contributed by atoms with Crippen molar-refractivity contribution in [1.29, 1.82) is 0 Å². The van der Waals surface area contributed by atoms with Crippen LogP contribution in [-0.2, 0) is 19.4 Å². The molecule has 1 aliphatic heterocycles. The molecule has 0 amide bonds. The number of alkyl halides is 3. The minimum Gasteiger partial charge on any atom is -0.314 e. The van der Waals surface area contributed by atoms with Crippen LogP contribution in [0.25, 0.3) is 0 Å². The lowest BCUT2D eigenvalue weighted by Gasteiger charge is -2.18. The molecule has 0 saturated carbocycles. The monoisotopic (exact) mass is 345 g/mol. The van der Waals surface area contributed by atoms with Crippen molar-refractivity contribution in [1.82, 2.24) is 14.8 Å². The van der Waals surface area contributed by atoms with Gasteiger partial charge in [-0.1, -0.05) is 12.1 Å². The van der Waals surface area contributed by atoms with Crippen LogP contribution in [0, 0.1) is 11.6 Å². The van der Waals surface area contributed by atoms with Crippen LogP contribution in [0.1, 0.15) is 42.4 Å². The number of benzene rings is 1. The molecule has 0 fully saturated rings. The lowest BCUT2D eigenvalue weighted by molar-refractivity contribution is -0.134. The van der Waals surface area contributed by atoms with E-state index < -0.39 is 24.2 Å². The summed E-state index contributed by atoms with van der Waals surface area (Å²) in [4.78, 5) is 0. The third-order valence-corrected chi connectivity index (χ3v) is 4.31. The third kappa shape index (κ3) is 3.57. The second-order valence-corrected chi connectivity index (χ2v) is 5.99. The molecule has 0 N–H and O–H groups in total. The molecule has 1 aromatic heterocycles. The Morgan fingerprint density at radius 1 is 1.17 bits per heavy atom. The number of hydrogen-bond donors (Lipinski definition) is 0. The second kappa shape index (κ2) is 6.49. The Labute approximate surface area is 135 Å². The van der Waals surface area contributed by atoms with Crippen molar-refractivity contribution < 1.29 is 22.0 Å². The molecule has 8 heteroatoms. The van der Waals surface area contributed by atoms with E-state index >= 15 is 0 Å². The molecule has 130 valence electrons. The summed E-state index contributed by atoms with van der Waals surface area (Å²) in [5, 5.41) is 7.82. The second-order valence-electron chi connectivity index (χ2n) is 5.99. The molecule has 24 heavy (non-hydrogen) atoms. The minimum absolute atomic E-state index is 0.242. The number of aromatic nitrogens is 3. The lowest BCUT2D eigenvalue weighted by atomic mass is 9.93. The summed E-state index contributed by atoms with van der Waals surface area (Å²) in [6.45, 7) is 0.260. The molecule has 1 aromatic carbocycles. The van der Waals surface area contributed by atoms with Gasteiger partial charge >= 0.3 is 6.18 Å². The van der Waals surface area contributed by atoms with Gasteiger partial charge in [0.05, 0.1) is 6.42 Å². The Morgan fingerprint density at radius 3 is 2.71 bits per heavy atom. The molecule has 2 heterocycles. The fourth-order valence-corrected chi connectivity index (χ4v) is 3.11. The van der Waals surface area contributed by atoms with Crippen LogP contribution < -0.4 is 0 Å². The van der Waals surface area contributed by atoms with Gasteiger partial charge in [0.25, 0.3) is 0 Å². The fourth-order valence-electron chi connectivity index (χ4n) is 3.11. The Hall–Kier alpha value is -1.99. The molecule has 0 aliphatic carbocycles. The van der Waals surface area contributed by atoms with Crippen LogP contribution in [0.5, 0.6) is 0 Å². The topological polar surface area (TPSA) is 30.7 Å². The normalized spacial score (nSPS) is 18.3. The van der Waals surface area contributed by atoms with Crippen LogP contribution in [0.3, 0.4) is 0 Å². The zero-order valence-electron chi connectivity index (χ0n) is 12.8. The molecule has 2 aromatic rings. The van der Waals surface area contributed by atoms with E-state index in [-0.39, 0.29) is 30.3 Å². The highest BCUT2D eigenvalue weighted by molar-refractivity contribution is 5.23. The van der Waals surface area contributed by atoms with Crippen molar-refractivity contribution in [3.05, 3.63) is 47.0 Å². The Morgan fingerprint density at radius 2 is 1.96 bits per heavy atom. The average molecular weight is 345 g/mol.